The summed E-state index contributed by atoms with van der Waals surface area (Å²) >= 11 is 0. The first kappa shape index (κ1) is 14.8. The van der Waals surface area contributed by atoms with Gasteiger partial charge in [-0.2, -0.15) is 0 Å². The van der Waals surface area contributed by atoms with Crippen molar-refractivity contribution in [3.63, 3.8) is 0 Å². The van der Waals surface area contributed by atoms with Crippen LogP contribution in [0.4, 0.5) is 0 Å². The van der Waals surface area contributed by atoms with Gasteiger partial charge in [0.2, 0.25) is 5.82 Å². The van der Waals surface area contributed by atoms with Crippen molar-refractivity contribution in [3.05, 3.63) is 66.4 Å². The Hall–Kier alpha value is -2.82. The number of nitrogens with zero attached hydrogens (tertiary/aromatic N) is 4. The highest BCUT2D eigenvalue weighted by Crippen LogP contribution is 2.23. The molecule has 5 heteroatoms. The highest BCUT2D eigenvalue weighted by atomic mass is 16.2. The zero-order valence-electron chi connectivity index (χ0n) is 13.3. The normalized spacial score (nSPS) is 17.3. The van der Waals surface area contributed by atoms with E-state index in [1.165, 1.54) is 10.9 Å². The zero-order chi connectivity index (χ0) is 16.4. The van der Waals surface area contributed by atoms with Gasteiger partial charge in [-0.15, -0.1) is 0 Å². The van der Waals surface area contributed by atoms with Crippen LogP contribution in [0.5, 0.6) is 0 Å². The van der Waals surface area contributed by atoms with E-state index in [2.05, 4.69) is 27.1 Å². The molecule has 4 rings (SSSR count). The van der Waals surface area contributed by atoms with E-state index in [9.17, 15) is 4.79 Å². The summed E-state index contributed by atoms with van der Waals surface area (Å²) in [5, 5.41) is 1.17. The molecular weight excluding hydrogens is 300 g/mol. The van der Waals surface area contributed by atoms with E-state index in [1.807, 2.05) is 29.3 Å². The predicted molar refractivity (Wildman–Crippen MR) is 91.5 cm³/mol. The van der Waals surface area contributed by atoms with Crippen LogP contribution in [0.15, 0.2) is 55.0 Å². The highest BCUT2D eigenvalue weighted by Gasteiger charge is 2.28. The van der Waals surface area contributed by atoms with E-state index < -0.39 is 0 Å². The average Bonchev–Trinajstić information content (AvgIpc) is 3.10. The number of benzene rings is 1. The van der Waals surface area contributed by atoms with Crippen molar-refractivity contribution in [2.75, 3.05) is 13.1 Å². The number of likely N-dealkylation sites (tertiary alicyclic amines) is 1. The van der Waals surface area contributed by atoms with E-state index in [0.717, 1.165) is 31.4 Å². The molecule has 0 aliphatic carbocycles. The van der Waals surface area contributed by atoms with Gasteiger partial charge in [0.25, 0.3) is 5.91 Å². The summed E-state index contributed by atoms with van der Waals surface area (Å²) in [6, 6.07) is 12.1. The second-order valence-electron chi connectivity index (χ2n) is 6.22. The number of pyridine rings is 1. The Morgan fingerprint density at radius 3 is 2.83 bits per heavy atom. The van der Waals surface area contributed by atoms with Crippen molar-refractivity contribution in [1.82, 2.24) is 19.9 Å². The van der Waals surface area contributed by atoms with Crippen LogP contribution in [0, 0.1) is 5.92 Å². The summed E-state index contributed by atoms with van der Waals surface area (Å²) < 4.78 is 0. The first-order valence-electron chi connectivity index (χ1n) is 8.19. The van der Waals surface area contributed by atoms with Crippen molar-refractivity contribution in [3.8, 4) is 0 Å². The second kappa shape index (κ2) is 6.35. The lowest BCUT2D eigenvalue weighted by molar-refractivity contribution is 0.0775. The monoisotopic (exact) mass is 318 g/mol. The standard InChI is InChI=1S/C19H18N4O/c24-19(18-20-7-3-8-21-18)23-9-6-14(13-23)10-15-11-16-4-1-2-5-17(16)22-12-15/h1-5,7-8,11-12,14H,6,9-10,13H2. The molecule has 3 aromatic rings. The van der Waals surface area contributed by atoms with Crippen molar-refractivity contribution in [1.29, 1.82) is 0 Å². The molecule has 0 saturated carbocycles. The molecule has 1 atom stereocenters. The van der Waals surface area contributed by atoms with Gasteiger partial charge in [0.05, 0.1) is 5.52 Å². The Morgan fingerprint density at radius 1 is 1.12 bits per heavy atom. The molecule has 0 spiro atoms. The van der Waals surface area contributed by atoms with Gasteiger partial charge in [-0.3, -0.25) is 9.78 Å². The van der Waals surface area contributed by atoms with Crippen LogP contribution in [0.3, 0.4) is 0 Å². The van der Waals surface area contributed by atoms with Crippen molar-refractivity contribution in [2.24, 2.45) is 5.92 Å². The van der Waals surface area contributed by atoms with Crippen LogP contribution in [-0.4, -0.2) is 38.8 Å². The summed E-state index contributed by atoms with van der Waals surface area (Å²) in [6.45, 7) is 1.52. The molecule has 1 fully saturated rings. The molecule has 0 bridgehead atoms. The Bertz CT molecular complexity index is 865. The van der Waals surface area contributed by atoms with Crippen LogP contribution in [0.25, 0.3) is 10.9 Å². The Balaban J connectivity index is 1.44. The molecule has 0 N–H and O–H groups in total. The van der Waals surface area contributed by atoms with Gasteiger partial charge in [-0.25, -0.2) is 9.97 Å². The number of amides is 1. The smallest absolute Gasteiger partial charge is 0.291 e. The summed E-state index contributed by atoms with van der Waals surface area (Å²) in [5.74, 6) is 0.667. The number of carbonyl (C=O) groups is 1. The lowest BCUT2D eigenvalue weighted by atomic mass is 9.99. The molecule has 24 heavy (non-hydrogen) atoms. The second-order valence-corrected chi connectivity index (χ2v) is 6.22. The number of hydrogen-bond donors (Lipinski definition) is 0. The molecule has 1 saturated heterocycles. The Kier molecular flexibility index (Phi) is 3.91. The van der Waals surface area contributed by atoms with Crippen molar-refractivity contribution < 1.29 is 4.79 Å². The summed E-state index contributed by atoms with van der Waals surface area (Å²) in [7, 11) is 0. The minimum absolute atomic E-state index is 0.0743. The fraction of sp³-hybridized carbons (Fsp3) is 0.263. The maximum atomic E-state index is 12.4. The number of fused-ring (bicyclic) bond motifs is 1. The SMILES string of the molecule is O=C(c1ncccn1)N1CCC(Cc2cnc3ccccc3c2)C1. The molecule has 5 nitrogen and oxygen atoms in total. The van der Waals surface area contributed by atoms with Crippen LogP contribution >= 0.6 is 0 Å². The first-order valence-corrected chi connectivity index (χ1v) is 8.19. The fourth-order valence-corrected chi connectivity index (χ4v) is 3.30. The van der Waals surface area contributed by atoms with E-state index in [1.54, 1.807) is 18.5 Å². The molecule has 2 aromatic heterocycles. The van der Waals surface area contributed by atoms with Crippen LogP contribution in [0.2, 0.25) is 0 Å². The lowest BCUT2D eigenvalue weighted by Gasteiger charge is -2.15. The fourth-order valence-electron chi connectivity index (χ4n) is 3.30. The molecule has 1 amide bonds. The largest absolute Gasteiger partial charge is 0.336 e. The van der Waals surface area contributed by atoms with E-state index in [4.69, 9.17) is 0 Å². The van der Waals surface area contributed by atoms with E-state index in [0.29, 0.717) is 5.92 Å². The average molecular weight is 318 g/mol. The quantitative estimate of drug-likeness (QED) is 0.745. The third-order valence-electron chi connectivity index (χ3n) is 4.50. The van der Waals surface area contributed by atoms with E-state index >= 15 is 0 Å². The van der Waals surface area contributed by atoms with E-state index in [-0.39, 0.29) is 11.7 Å². The van der Waals surface area contributed by atoms with Gasteiger partial charge >= 0.3 is 0 Å². The minimum Gasteiger partial charge on any atom is -0.336 e. The summed E-state index contributed by atoms with van der Waals surface area (Å²) in [4.78, 5) is 26.9. The molecule has 1 unspecified atom stereocenters. The third kappa shape index (κ3) is 2.97. The summed E-state index contributed by atoms with van der Waals surface area (Å²) in [6.07, 6.45) is 7.11. The lowest BCUT2D eigenvalue weighted by Crippen LogP contribution is -2.30. The maximum Gasteiger partial charge on any atom is 0.291 e. The minimum atomic E-state index is -0.0743. The van der Waals surface area contributed by atoms with Gasteiger partial charge in [0, 0.05) is 37.1 Å². The predicted octanol–water partition coefficient (Wildman–Crippen LogP) is 2.73. The number of hydrogen-bond acceptors (Lipinski definition) is 4. The summed E-state index contributed by atoms with van der Waals surface area (Å²) in [5.41, 5.74) is 2.25. The molecule has 1 aliphatic rings. The third-order valence-corrected chi connectivity index (χ3v) is 4.50. The highest BCUT2D eigenvalue weighted by molar-refractivity contribution is 5.90. The van der Waals surface area contributed by atoms with Gasteiger partial charge in [0.15, 0.2) is 0 Å². The maximum absolute atomic E-state index is 12.4. The van der Waals surface area contributed by atoms with Crippen LogP contribution in [0.1, 0.15) is 22.6 Å². The van der Waals surface area contributed by atoms with Gasteiger partial charge < -0.3 is 4.90 Å². The Morgan fingerprint density at radius 2 is 1.96 bits per heavy atom. The topological polar surface area (TPSA) is 59.0 Å². The van der Waals surface area contributed by atoms with Gasteiger partial charge in [-0.1, -0.05) is 18.2 Å². The molecule has 3 heterocycles. The number of aromatic nitrogens is 3. The van der Waals surface area contributed by atoms with Gasteiger partial charge in [-0.05, 0) is 42.5 Å². The molecule has 1 aromatic carbocycles. The number of rotatable bonds is 3. The van der Waals surface area contributed by atoms with Crippen LogP contribution < -0.4 is 0 Å². The van der Waals surface area contributed by atoms with Crippen LogP contribution in [-0.2, 0) is 6.42 Å². The number of carbonyl (C=O) groups excluding carboxylic acids is 1. The molecular formula is C19H18N4O. The molecule has 1 aliphatic heterocycles. The van der Waals surface area contributed by atoms with Crippen molar-refractivity contribution >= 4 is 16.8 Å². The van der Waals surface area contributed by atoms with Crippen molar-refractivity contribution in [2.45, 2.75) is 12.8 Å². The Labute approximate surface area is 140 Å². The molecule has 120 valence electrons. The first-order chi connectivity index (χ1) is 11.8. The number of para-hydroxylation sites is 1. The zero-order valence-corrected chi connectivity index (χ0v) is 13.3. The molecule has 0 radical (unpaired) electrons. The van der Waals surface area contributed by atoms with Gasteiger partial charge in [0.1, 0.15) is 0 Å².